The van der Waals surface area contributed by atoms with Gasteiger partial charge in [0.2, 0.25) is 0 Å². The van der Waals surface area contributed by atoms with E-state index in [1.165, 1.54) is 43.5 Å². The molecule has 0 saturated carbocycles. The van der Waals surface area contributed by atoms with Crippen LogP contribution in [-0.2, 0) is 0 Å². The van der Waals surface area contributed by atoms with Crippen molar-refractivity contribution in [2.45, 2.75) is 0 Å². The van der Waals surface area contributed by atoms with Crippen molar-refractivity contribution in [1.82, 2.24) is 4.98 Å². The third-order valence-electron chi connectivity index (χ3n) is 7.63. The van der Waals surface area contributed by atoms with Gasteiger partial charge < -0.3 is 4.90 Å². The van der Waals surface area contributed by atoms with Crippen LogP contribution in [0.4, 0.5) is 17.1 Å². The van der Waals surface area contributed by atoms with E-state index in [4.69, 9.17) is 4.98 Å². The van der Waals surface area contributed by atoms with E-state index in [9.17, 15) is 0 Å². The predicted octanol–water partition coefficient (Wildman–Crippen LogP) is 10.7. The zero-order chi connectivity index (χ0) is 26.5. The summed E-state index contributed by atoms with van der Waals surface area (Å²) in [5.74, 6) is 0. The zero-order valence-corrected chi connectivity index (χ0v) is 22.5. The van der Waals surface area contributed by atoms with Crippen LogP contribution in [0.5, 0.6) is 0 Å². The molecule has 0 fully saturated rings. The summed E-state index contributed by atoms with van der Waals surface area (Å²) >= 11 is 1.79. The predicted molar refractivity (Wildman–Crippen MR) is 170 cm³/mol. The summed E-state index contributed by atoms with van der Waals surface area (Å²) < 4.78 is 0. The molecular weight excluding hydrogens is 504 g/mol. The van der Waals surface area contributed by atoms with Crippen molar-refractivity contribution in [1.29, 1.82) is 0 Å². The van der Waals surface area contributed by atoms with Crippen LogP contribution < -0.4 is 4.90 Å². The summed E-state index contributed by atoms with van der Waals surface area (Å²) in [6, 6.07) is 51.8. The fourth-order valence-electron chi connectivity index (χ4n) is 5.82. The summed E-state index contributed by atoms with van der Waals surface area (Å²) in [5, 5.41) is 3.59. The van der Waals surface area contributed by atoms with Gasteiger partial charge in [-0.1, -0.05) is 115 Å². The average Bonchev–Trinajstić information content (AvgIpc) is 3.60. The monoisotopic (exact) mass is 528 g/mol. The van der Waals surface area contributed by atoms with Crippen LogP contribution in [0.3, 0.4) is 0 Å². The largest absolute Gasteiger partial charge is 0.310 e. The third kappa shape index (κ3) is 3.67. The smallest absolute Gasteiger partial charge is 0.124 e. The molecule has 8 rings (SSSR count). The van der Waals surface area contributed by atoms with Gasteiger partial charge in [0.05, 0.1) is 16.3 Å². The number of aromatic nitrogens is 1. The molecule has 0 radical (unpaired) electrons. The van der Waals surface area contributed by atoms with Gasteiger partial charge in [0.1, 0.15) is 5.01 Å². The maximum atomic E-state index is 5.14. The molecule has 0 aliphatic heterocycles. The summed E-state index contributed by atoms with van der Waals surface area (Å²) in [4.78, 5) is 8.78. The Balaban J connectivity index is 1.31. The van der Waals surface area contributed by atoms with Crippen molar-refractivity contribution >= 4 is 39.2 Å². The Morgan fingerprint density at radius 1 is 0.500 bits per heavy atom. The molecule has 0 unspecified atom stereocenters. The molecule has 1 heterocycles. The Hall–Kier alpha value is -4.99. The Kier molecular flexibility index (Phi) is 5.35. The molecule has 188 valence electrons. The van der Waals surface area contributed by atoms with Gasteiger partial charge in [-0.05, 0) is 41.5 Å². The van der Waals surface area contributed by atoms with Gasteiger partial charge in [-0.15, -0.1) is 11.3 Å². The van der Waals surface area contributed by atoms with Gasteiger partial charge in [-0.3, -0.25) is 0 Å². The molecule has 1 aliphatic carbocycles. The molecule has 0 amide bonds. The first kappa shape index (κ1) is 22.9. The fraction of sp³-hybridized carbons (Fsp3) is 0. The highest BCUT2D eigenvalue weighted by Crippen LogP contribution is 2.53. The van der Waals surface area contributed by atoms with Gasteiger partial charge in [0.15, 0.2) is 0 Å². The number of nitrogens with zero attached hydrogens (tertiary/aromatic N) is 2. The minimum atomic E-state index is 1.07. The first-order valence-electron chi connectivity index (χ1n) is 13.5. The minimum absolute atomic E-state index is 1.07. The van der Waals surface area contributed by atoms with Crippen LogP contribution in [0.1, 0.15) is 0 Å². The number of anilines is 3. The van der Waals surface area contributed by atoms with Crippen molar-refractivity contribution in [2.24, 2.45) is 0 Å². The Bertz CT molecular complexity index is 1970. The van der Waals surface area contributed by atoms with Crippen LogP contribution in [0, 0.1) is 0 Å². The SMILES string of the molecule is c1ccc(-c2cccc(N(c3ccccc3)c3ccc4c5c(cccc35)-c3sc(-c5ccccc5)nc3-4)c2)cc1. The first-order chi connectivity index (χ1) is 19.8. The van der Waals surface area contributed by atoms with Gasteiger partial charge in [0, 0.05) is 38.8 Å². The molecule has 6 aromatic carbocycles. The van der Waals surface area contributed by atoms with Gasteiger partial charge in [0.25, 0.3) is 0 Å². The number of hydrogen-bond acceptors (Lipinski definition) is 3. The number of benzene rings is 6. The van der Waals surface area contributed by atoms with E-state index < -0.39 is 0 Å². The zero-order valence-electron chi connectivity index (χ0n) is 21.7. The molecule has 3 heteroatoms. The highest BCUT2D eigenvalue weighted by molar-refractivity contribution is 7.19. The molecule has 40 heavy (non-hydrogen) atoms. The van der Waals surface area contributed by atoms with E-state index in [0.29, 0.717) is 0 Å². The highest BCUT2D eigenvalue weighted by atomic mass is 32.1. The van der Waals surface area contributed by atoms with Crippen LogP contribution >= 0.6 is 11.3 Å². The number of fused-ring (bicyclic) bond motifs is 3. The summed E-state index contributed by atoms with van der Waals surface area (Å²) in [5.41, 5.74) is 10.6. The molecule has 0 bridgehead atoms. The summed E-state index contributed by atoms with van der Waals surface area (Å²) in [6.45, 7) is 0. The van der Waals surface area contributed by atoms with Crippen molar-refractivity contribution in [3.63, 3.8) is 0 Å². The lowest BCUT2D eigenvalue weighted by Gasteiger charge is -2.27. The molecular formula is C37H24N2S. The first-order valence-corrected chi connectivity index (χ1v) is 14.3. The van der Waals surface area contributed by atoms with Crippen molar-refractivity contribution < 1.29 is 0 Å². The molecule has 0 saturated heterocycles. The number of thiazole rings is 1. The number of para-hydroxylation sites is 1. The summed E-state index contributed by atoms with van der Waals surface area (Å²) in [7, 11) is 0. The van der Waals surface area contributed by atoms with E-state index in [2.05, 4.69) is 150 Å². The molecule has 1 aromatic heterocycles. The van der Waals surface area contributed by atoms with E-state index in [1.807, 2.05) is 0 Å². The maximum absolute atomic E-state index is 5.14. The van der Waals surface area contributed by atoms with E-state index in [0.717, 1.165) is 27.8 Å². The highest BCUT2D eigenvalue weighted by Gasteiger charge is 2.28. The van der Waals surface area contributed by atoms with Crippen LogP contribution in [0.15, 0.2) is 146 Å². The van der Waals surface area contributed by atoms with Crippen LogP contribution in [0.2, 0.25) is 0 Å². The lowest BCUT2D eigenvalue weighted by atomic mass is 10.00. The van der Waals surface area contributed by atoms with Gasteiger partial charge >= 0.3 is 0 Å². The minimum Gasteiger partial charge on any atom is -0.310 e. The van der Waals surface area contributed by atoms with E-state index >= 15 is 0 Å². The molecule has 1 aliphatic rings. The van der Waals surface area contributed by atoms with Gasteiger partial charge in [-0.2, -0.15) is 0 Å². The molecule has 2 nitrogen and oxygen atoms in total. The second-order valence-corrected chi connectivity index (χ2v) is 11.0. The average molecular weight is 529 g/mol. The second kappa shape index (κ2) is 9.33. The molecule has 0 spiro atoms. The maximum Gasteiger partial charge on any atom is 0.124 e. The normalized spacial score (nSPS) is 11.5. The lowest BCUT2D eigenvalue weighted by Crippen LogP contribution is -2.10. The standard InChI is InChI=1S/C37H24N2S/c1-4-12-25(13-5-1)27-16-10-19-29(24-27)39(28-17-8-3-9-18-28)33-23-22-31-34-30(33)20-11-21-32(34)36-35(31)38-37(40-36)26-14-6-2-7-15-26/h1-24H. The quantitative estimate of drug-likeness (QED) is 0.221. The molecule has 7 aromatic rings. The van der Waals surface area contributed by atoms with Crippen molar-refractivity contribution in [2.75, 3.05) is 4.90 Å². The van der Waals surface area contributed by atoms with E-state index in [-0.39, 0.29) is 0 Å². The van der Waals surface area contributed by atoms with Crippen molar-refractivity contribution in [3.05, 3.63) is 146 Å². The topological polar surface area (TPSA) is 16.1 Å². The Morgan fingerprint density at radius 3 is 1.93 bits per heavy atom. The van der Waals surface area contributed by atoms with Crippen molar-refractivity contribution in [3.8, 4) is 43.4 Å². The summed E-state index contributed by atoms with van der Waals surface area (Å²) in [6.07, 6.45) is 0. The lowest BCUT2D eigenvalue weighted by molar-refractivity contribution is 1.30. The fourth-order valence-corrected chi connectivity index (χ4v) is 6.94. The van der Waals surface area contributed by atoms with E-state index in [1.54, 1.807) is 11.3 Å². The molecule has 0 atom stereocenters. The third-order valence-corrected chi connectivity index (χ3v) is 8.77. The molecule has 0 N–H and O–H groups in total. The second-order valence-electron chi connectivity index (χ2n) is 10.0. The van der Waals surface area contributed by atoms with Crippen LogP contribution in [0.25, 0.3) is 54.2 Å². The number of rotatable bonds is 5. The number of hydrogen-bond donors (Lipinski definition) is 0. The van der Waals surface area contributed by atoms with Crippen LogP contribution in [-0.4, -0.2) is 4.98 Å². The van der Waals surface area contributed by atoms with Gasteiger partial charge in [-0.25, -0.2) is 4.98 Å². The Morgan fingerprint density at radius 2 is 1.15 bits per heavy atom. The Labute approximate surface area is 237 Å².